The lowest BCUT2D eigenvalue weighted by Gasteiger charge is -2.21. The summed E-state index contributed by atoms with van der Waals surface area (Å²) >= 11 is 7.07. The Hall–Kier alpha value is -4.42. The number of carbonyl (C=O) groups is 1. The van der Waals surface area contributed by atoms with Crippen molar-refractivity contribution in [3.8, 4) is 22.1 Å². The molecule has 4 heterocycles. The van der Waals surface area contributed by atoms with E-state index < -0.39 is 23.8 Å². The molecule has 0 radical (unpaired) electrons. The Balaban J connectivity index is 1.46. The van der Waals surface area contributed by atoms with E-state index in [-0.39, 0.29) is 29.2 Å². The number of ether oxygens (including phenoxy) is 1. The minimum absolute atomic E-state index is 0.0483. The highest BCUT2D eigenvalue weighted by Gasteiger charge is 2.38. The highest BCUT2D eigenvalue weighted by Crippen LogP contribution is 2.39. The summed E-state index contributed by atoms with van der Waals surface area (Å²) < 4.78 is 48.6. The molecule has 3 aromatic heterocycles. The molecular weight excluding hydrogens is 579 g/mol. The summed E-state index contributed by atoms with van der Waals surface area (Å²) in [7, 11) is 1.53. The molecule has 0 saturated carbocycles. The largest absolute Gasteiger partial charge is 0.508 e. The first kappa shape index (κ1) is 26.8. The molecule has 0 fully saturated rings. The Labute approximate surface area is 239 Å². The van der Waals surface area contributed by atoms with E-state index in [1.54, 1.807) is 54.6 Å². The number of hydrogen-bond donors (Lipinski definition) is 1. The lowest BCUT2D eigenvalue weighted by atomic mass is 9.97. The fraction of sp³-hybridized carbons (Fsp3) is 0.143. The van der Waals surface area contributed by atoms with Crippen molar-refractivity contribution in [3.63, 3.8) is 0 Å². The molecule has 1 aliphatic heterocycles. The van der Waals surface area contributed by atoms with Crippen LogP contribution in [0.5, 0.6) is 11.5 Å². The molecule has 6 rings (SSSR count). The van der Waals surface area contributed by atoms with E-state index in [2.05, 4.69) is 15.2 Å². The second kappa shape index (κ2) is 10.2. The Kier molecular flexibility index (Phi) is 6.66. The average Bonchev–Trinajstić information content (AvgIpc) is 3.70. The number of benzene rings is 2. The van der Waals surface area contributed by atoms with Crippen LogP contribution in [0.2, 0.25) is 4.34 Å². The van der Waals surface area contributed by atoms with E-state index in [9.17, 15) is 23.1 Å². The van der Waals surface area contributed by atoms with Gasteiger partial charge in [0.2, 0.25) is 0 Å². The van der Waals surface area contributed by atoms with E-state index in [1.807, 2.05) is 0 Å². The molecule has 2 aromatic carbocycles. The molecule has 1 atom stereocenters. The molecule has 1 amide bonds. The Bertz CT molecular complexity index is 1830. The number of para-hydroxylation sites is 1. The molecule has 41 heavy (non-hydrogen) atoms. The molecular formula is C28H19ClF3N5O3S. The topological polar surface area (TPSA) is 92.3 Å². The molecule has 13 heteroatoms. The lowest BCUT2D eigenvalue weighted by Crippen LogP contribution is -2.27. The zero-order valence-electron chi connectivity index (χ0n) is 21.1. The van der Waals surface area contributed by atoms with Crippen molar-refractivity contribution in [3.05, 3.63) is 99.6 Å². The van der Waals surface area contributed by atoms with Gasteiger partial charge >= 0.3 is 6.18 Å². The Morgan fingerprint density at radius 1 is 1.10 bits per heavy atom. The highest BCUT2D eigenvalue weighted by atomic mass is 35.5. The number of aromatic hydroxyl groups is 1. The molecule has 0 aliphatic carbocycles. The molecule has 208 valence electrons. The molecule has 5 aromatic rings. The van der Waals surface area contributed by atoms with Crippen LogP contribution < -0.4 is 4.74 Å². The minimum atomic E-state index is -4.78. The monoisotopic (exact) mass is 597 g/mol. The van der Waals surface area contributed by atoms with Crippen LogP contribution in [0.3, 0.4) is 0 Å². The van der Waals surface area contributed by atoms with Gasteiger partial charge < -0.3 is 9.84 Å². The molecule has 0 spiro atoms. The number of alkyl halides is 3. The number of amides is 1. The van der Waals surface area contributed by atoms with Crippen molar-refractivity contribution in [1.82, 2.24) is 19.6 Å². The van der Waals surface area contributed by atoms with Gasteiger partial charge in [0.15, 0.2) is 17.0 Å². The Morgan fingerprint density at radius 2 is 1.90 bits per heavy atom. The van der Waals surface area contributed by atoms with E-state index in [0.717, 1.165) is 22.4 Å². The maximum Gasteiger partial charge on any atom is 0.433 e. The van der Waals surface area contributed by atoms with E-state index in [0.29, 0.717) is 36.3 Å². The molecule has 0 bridgehead atoms. The van der Waals surface area contributed by atoms with Crippen LogP contribution in [-0.4, -0.2) is 43.4 Å². The predicted molar refractivity (Wildman–Crippen MR) is 147 cm³/mol. The minimum Gasteiger partial charge on any atom is -0.508 e. The van der Waals surface area contributed by atoms with Crippen molar-refractivity contribution in [2.24, 2.45) is 5.10 Å². The van der Waals surface area contributed by atoms with Crippen molar-refractivity contribution in [1.29, 1.82) is 0 Å². The summed E-state index contributed by atoms with van der Waals surface area (Å²) in [5, 5.41) is 20.3. The third kappa shape index (κ3) is 5.00. The summed E-state index contributed by atoms with van der Waals surface area (Å²) in [5.41, 5.74) is 0.138. The zero-order valence-corrected chi connectivity index (χ0v) is 22.7. The molecule has 0 saturated heterocycles. The normalized spacial score (nSPS) is 15.4. The number of hydrazone groups is 1. The first-order valence-electron chi connectivity index (χ1n) is 12.2. The molecule has 1 N–H and O–H groups in total. The smallest absolute Gasteiger partial charge is 0.433 e. The average molecular weight is 598 g/mol. The van der Waals surface area contributed by atoms with Crippen LogP contribution >= 0.6 is 22.9 Å². The third-order valence-corrected chi connectivity index (χ3v) is 7.83. The fourth-order valence-corrected chi connectivity index (χ4v) is 5.67. The van der Waals surface area contributed by atoms with Gasteiger partial charge in [-0.05, 0) is 36.4 Å². The fourth-order valence-electron chi connectivity index (χ4n) is 4.66. The highest BCUT2D eigenvalue weighted by molar-refractivity contribution is 7.19. The van der Waals surface area contributed by atoms with Crippen LogP contribution in [0.25, 0.3) is 16.2 Å². The van der Waals surface area contributed by atoms with Gasteiger partial charge in [0, 0.05) is 23.6 Å². The van der Waals surface area contributed by atoms with Crippen molar-refractivity contribution in [2.45, 2.75) is 18.6 Å². The summed E-state index contributed by atoms with van der Waals surface area (Å²) in [6.07, 6.45) is -4.55. The van der Waals surface area contributed by atoms with Crippen molar-refractivity contribution < 1.29 is 27.8 Å². The summed E-state index contributed by atoms with van der Waals surface area (Å²) in [5.74, 6) is -0.216. The summed E-state index contributed by atoms with van der Waals surface area (Å²) in [6, 6.07) is 18.1. The molecule has 8 nitrogen and oxygen atoms in total. The Morgan fingerprint density at radius 3 is 2.61 bits per heavy atom. The van der Waals surface area contributed by atoms with Gasteiger partial charge in [0.25, 0.3) is 5.91 Å². The lowest BCUT2D eigenvalue weighted by molar-refractivity contribution is -0.142. The van der Waals surface area contributed by atoms with E-state index in [4.69, 9.17) is 16.3 Å². The number of thiophene rings is 1. The maximum absolute atomic E-state index is 14.1. The number of rotatable bonds is 5. The predicted octanol–water partition coefficient (Wildman–Crippen LogP) is 6.84. The first-order chi connectivity index (χ1) is 19.6. The van der Waals surface area contributed by atoms with Gasteiger partial charge in [-0.25, -0.2) is 14.5 Å². The van der Waals surface area contributed by atoms with Crippen LogP contribution in [-0.2, 0) is 6.18 Å². The van der Waals surface area contributed by atoms with Gasteiger partial charge in [0.1, 0.15) is 11.5 Å². The van der Waals surface area contributed by atoms with Gasteiger partial charge in [-0.2, -0.15) is 23.4 Å². The van der Waals surface area contributed by atoms with E-state index >= 15 is 0 Å². The quantitative estimate of drug-likeness (QED) is 0.240. The SMILES string of the molecule is COc1cccc(C2=NN(C(=O)c3cc4nc(-c5ccc(Cl)s5)cc(C(F)(F)F)n4n3)[C@@H](c3ccccc3O)C2)c1. The number of halogens is 4. The van der Waals surface area contributed by atoms with Crippen LogP contribution in [0.15, 0.2) is 77.9 Å². The van der Waals surface area contributed by atoms with Crippen molar-refractivity contribution in [2.75, 3.05) is 7.11 Å². The summed E-state index contributed by atoms with van der Waals surface area (Å²) in [4.78, 5) is 18.6. The standard InChI is InChI=1S/C28H19ClF3N5O3S/c1-40-16-6-4-5-15(11-16)18-12-21(17-7-2-3-8-22(17)38)36(34-18)27(39)20-14-26-33-19(23-9-10-25(29)41-23)13-24(28(30,31)32)37(26)35-20/h2-11,13-14,21,38H,12H2,1H3/t21-/m1/s1. The van der Waals surface area contributed by atoms with Gasteiger partial charge in [-0.3, -0.25) is 4.79 Å². The first-order valence-corrected chi connectivity index (χ1v) is 13.4. The van der Waals surface area contributed by atoms with Gasteiger partial charge in [-0.1, -0.05) is 41.9 Å². The number of aromatic nitrogens is 3. The van der Waals surface area contributed by atoms with Gasteiger partial charge in [0.05, 0.1) is 33.8 Å². The van der Waals surface area contributed by atoms with Crippen LogP contribution in [0, 0.1) is 0 Å². The summed E-state index contributed by atoms with van der Waals surface area (Å²) in [6.45, 7) is 0. The molecule has 0 unspecified atom stereocenters. The molecule has 1 aliphatic rings. The number of phenols is 1. The zero-order chi connectivity index (χ0) is 28.9. The number of phenolic OH excluding ortho intramolecular Hbond substituents is 1. The van der Waals surface area contributed by atoms with Crippen LogP contribution in [0.4, 0.5) is 13.2 Å². The number of hydrogen-bond acceptors (Lipinski definition) is 7. The van der Waals surface area contributed by atoms with E-state index in [1.165, 1.54) is 19.2 Å². The number of nitrogens with zero attached hydrogens (tertiary/aromatic N) is 5. The van der Waals surface area contributed by atoms with Crippen LogP contribution in [0.1, 0.15) is 39.8 Å². The number of carbonyl (C=O) groups excluding carboxylic acids is 1. The van der Waals surface area contributed by atoms with Gasteiger partial charge in [-0.15, -0.1) is 11.3 Å². The second-order valence-corrected chi connectivity index (χ2v) is 10.8. The number of fused-ring (bicyclic) bond motifs is 1. The third-order valence-electron chi connectivity index (χ3n) is 6.58. The van der Waals surface area contributed by atoms with Crippen molar-refractivity contribution >= 4 is 40.2 Å². The number of methoxy groups -OCH3 is 1. The maximum atomic E-state index is 14.1. The second-order valence-electron chi connectivity index (χ2n) is 9.13.